The molecule has 1 aliphatic rings. The van der Waals surface area contributed by atoms with Crippen LogP contribution in [-0.4, -0.2) is 21.8 Å². The molecule has 1 fully saturated rings. The predicted molar refractivity (Wildman–Crippen MR) is 92.5 cm³/mol. The quantitative estimate of drug-likeness (QED) is 0.746. The van der Waals surface area contributed by atoms with E-state index >= 15 is 0 Å². The number of urea groups is 1. The lowest BCUT2D eigenvalue weighted by Crippen LogP contribution is -2.40. The molecule has 1 aromatic heterocycles. The number of thiazole rings is 1. The van der Waals surface area contributed by atoms with Crippen molar-refractivity contribution in [1.29, 1.82) is 0 Å². The molecule has 0 saturated carbocycles. The average molecular weight is 337 g/mol. The van der Waals surface area contributed by atoms with Gasteiger partial charge in [-0.25, -0.2) is 9.78 Å². The van der Waals surface area contributed by atoms with Gasteiger partial charge in [-0.2, -0.15) is 0 Å². The standard InChI is InChI=1S/C18H15N3O2S/c1-18(12-7-3-2-4-8-12)16(22)21(17(23)20-18)11-15-19-13-9-5-6-10-14(13)24-15/h2-10H,11H2,1H3,(H,20,23)/t18-/m1/s1. The van der Waals surface area contributed by atoms with Crippen molar-refractivity contribution in [2.75, 3.05) is 0 Å². The molecule has 1 saturated heterocycles. The maximum Gasteiger partial charge on any atom is 0.325 e. The van der Waals surface area contributed by atoms with E-state index in [4.69, 9.17) is 0 Å². The molecule has 6 heteroatoms. The lowest BCUT2D eigenvalue weighted by molar-refractivity contribution is -0.131. The molecule has 0 unspecified atom stereocenters. The monoisotopic (exact) mass is 337 g/mol. The summed E-state index contributed by atoms with van der Waals surface area (Å²) in [6.07, 6.45) is 0. The first-order valence-electron chi connectivity index (χ1n) is 7.62. The summed E-state index contributed by atoms with van der Waals surface area (Å²) in [5, 5.41) is 3.56. The number of nitrogens with one attached hydrogen (secondary N) is 1. The van der Waals surface area contributed by atoms with Crippen LogP contribution in [-0.2, 0) is 16.9 Å². The highest BCUT2D eigenvalue weighted by atomic mass is 32.1. The molecule has 0 spiro atoms. The van der Waals surface area contributed by atoms with E-state index in [0.717, 1.165) is 20.8 Å². The number of aromatic nitrogens is 1. The van der Waals surface area contributed by atoms with Crippen LogP contribution in [0, 0.1) is 0 Å². The lowest BCUT2D eigenvalue weighted by atomic mass is 9.92. The second kappa shape index (κ2) is 5.42. The van der Waals surface area contributed by atoms with Gasteiger partial charge in [-0.15, -0.1) is 11.3 Å². The van der Waals surface area contributed by atoms with Gasteiger partial charge in [0.2, 0.25) is 0 Å². The third-order valence-electron chi connectivity index (χ3n) is 4.26. The molecule has 3 amide bonds. The average Bonchev–Trinajstić information content (AvgIpc) is 3.10. The Kier molecular flexibility index (Phi) is 3.35. The summed E-state index contributed by atoms with van der Waals surface area (Å²) in [5.74, 6) is -0.252. The van der Waals surface area contributed by atoms with Gasteiger partial charge in [0, 0.05) is 0 Å². The molecule has 4 rings (SSSR count). The first-order valence-corrected chi connectivity index (χ1v) is 8.44. The number of hydrogen-bond donors (Lipinski definition) is 1. The number of para-hydroxylation sites is 1. The van der Waals surface area contributed by atoms with Gasteiger partial charge in [0.1, 0.15) is 10.5 Å². The lowest BCUT2D eigenvalue weighted by Gasteiger charge is -2.21. The third kappa shape index (κ3) is 2.27. The Morgan fingerprint density at radius 1 is 1.08 bits per heavy atom. The second-order valence-corrected chi connectivity index (χ2v) is 7.00. The fraction of sp³-hybridized carbons (Fsp3) is 0.167. The Morgan fingerprint density at radius 3 is 2.54 bits per heavy atom. The summed E-state index contributed by atoms with van der Waals surface area (Å²) in [5.41, 5.74) is 0.625. The SMILES string of the molecule is C[C@]1(c2ccccc2)NC(=O)N(Cc2nc3ccccc3s2)C1=O. The molecule has 0 radical (unpaired) electrons. The Balaban J connectivity index is 1.64. The van der Waals surface area contributed by atoms with Crippen LogP contribution in [0.1, 0.15) is 17.5 Å². The van der Waals surface area contributed by atoms with Crippen LogP contribution < -0.4 is 5.32 Å². The van der Waals surface area contributed by atoms with Crippen LogP contribution in [0.2, 0.25) is 0 Å². The van der Waals surface area contributed by atoms with E-state index in [9.17, 15) is 9.59 Å². The maximum absolute atomic E-state index is 12.9. The first-order chi connectivity index (χ1) is 11.6. The number of amides is 3. The van der Waals surface area contributed by atoms with E-state index < -0.39 is 5.54 Å². The van der Waals surface area contributed by atoms with E-state index in [1.807, 2.05) is 54.6 Å². The predicted octanol–water partition coefficient (Wildman–Crippen LogP) is 3.26. The molecule has 0 bridgehead atoms. The van der Waals surface area contributed by atoms with Gasteiger partial charge >= 0.3 is 6.03 Å². The molecule has 1 atom stereocenters. The van der Waals surface area contributed by atoms with Crippen LogP contribution in [0.5, 0.6) is 0 Å². The van der Waals surface area contributed by atoms with Crippen molar-refractivity contribution >= 4 is 33.5 Å². The number of hydrogen-bond acceptors (Lipinski definition) is 4. The molecule has 1 aliphatic heterocycles. The van der Waals surface area contributed by atoms with Gasteiger partial charge in [-0.05, 0) is 24.6 Å². The van der Waals surface area contributed by atoms with Crippen molar-refractivity contribution in [2.45, 2.75) is 19.0 Å². The van der Waals surface area contributed by atoms with Gasteiger partial charge in [-0.3, -0.25) is 9.69 Å². The second-order valence-electron chi connectivity index (χ2n) is 5.89. The summed E-state index contributed by atoms with van der Waals surface area (Å²) < 4.78 is 1.05. The molecule has 5 nitrogen and oxygen atoms in total. The zero-order valence-electron chi connectivity index (χ0n) is 13.0. The molecular formula is C18H15N3O2S. The minimum atomic E-state index is -1.03. The number of nitrogens with zero attached hydrogens (tertiary/aromatic N) is 2. The third-order valence-corrected chi connectivity index (χ3v) is 5.28. The number of rotatable bonds is 3. The minimum Gasteiger partial charge on any atom is -0.319 e. The summed E-state index contributed by atoms with van der Waals surface area (Å²) >= 11 is 1.50. The van der Waals surface area contributed by atoms with Gasteiger partial charge in [0.25, 0.3) is 5.91 Å². The van der Waals surface area contributed by atoms with E-state index in [1.165, 1.54) is 16.2 Å². The number of benzene rings is 2. The Labute approximate surface area is 142 Å². The summed E-state index contributed by atoms with van der Waals surface area (Å²) in [6, 6.07) is 16.7. The highest BCUT2D eigenvalue weighted by Crippen LogP contribution is 2.31. The van der Waals surface area contributed by atoms with Crippen molar-refractivity contribution < 1.29 is 9.59 Å². The van der Waals surface area contributed by atoms with Gasteiger partial charge in [0.15, 0.2) is 0 Å². The molecule has 0 aliphatic carbocycles. The molecule has 2 aromatic carbocycles. The normalized spacial score (nSPS) is 20.6. The minimum absolute atomic E-state index is 0.187. The first kappa shape index (κ1) is 14.8. The van der Waals surface area contributed by atoms with Crippen LogP contribution in [0.15, 0.2) is 54.6 Å². The molecule has 3 aromatic rings. The number of carbonyl (C=O) groups is 2. The van der Waals surface area contributed by atoms with Crippen molar-refractivity contribution in [2.24, 2.45) is 0 Å². The van der Waals surface area contributed by atoms with Gasteiger partial charge in [0.05, 0.1) is 16.8 Å². The van der Waals surface area contributed by atoms with Gasteiger partial charge in [-0.1, -0.05) is 42.5 Å². The largest absolute Gasteiger partial charge is 0.325 e. The van der Waals surface area contributed by atoms with E-state index in [0.29, 0.717) is 0 Å². The molecular weight excluding hydrogens is 322 g/mol. The van der Waals surface area contributed by atoms with E-state index in [-0.39, 0.29) is 18.5 Å². The number of fused-ring (bicyclic) bond motifs is 1. The Hall–Kier alpha value is -2.73. The fourth-order valence-corrected chi connectivity index (χ4v) is 3.89. The van der Waals surface area contributed by atoms with E-state index in [1.54, 1.807) is 6.92 Å². The van der Waals surface area contributed by atoms with Crippen molar-refractivity contribution in [3.8, 4) is 0 Å². The zero-order valence-corrected chi connectivity index (χ0v) is 13.8. The Bertz CT molecular complexity index is 905. The Morgan fingerprint density at radius 2 is 1.79 bits per heavy atom. The highest BCUT2D eigenvalue weighted by molar-refractivity contribution is 7.18. The zero-order chi connectivity index (χ0) is 16.7. The van der Waals surface area contributed by atoms with Crippen LogP contribution in [0.25, 0.3) is 10.2 Å². The smallest absolute Gasteiger partial charge is 0.319 e. The molecule has 2 heterocycles. The number of carbonyl (C=O) groups excluding carboxylic acids is 2. The highest BCUT2D eigenvalue weighted by Gasteiger charge is 2.49. The summed E-state index contributed by atoms with van der Waals surface area (Å²) in [4.78, 5) is 31.0. The van der Waals surface area contributed by atoms with Gasteiger partial charge < -0.3 is 5.32 Å². The topological polar surface area (TPSA) is 62.3 Å². The molecule has 120 valence electrons. The summed E-state index contributed by atoms with van der Waals surface area (Å²) in [7, 11) is 0. The van der Waals surface area contributed by atoms with Crippen molar-refractivity contribution in [1.82, 2.24) is 15.2 Å². The number of imide groups is 1. The van der Waals surface area contributed by atoms with Crippen LogP contribution in [0.3, 0.4) is 0 Å². The fourth-order valence-electron chi connectivity index (χ4n) is 2.93. The molecule has 24 heavy (non-hydrogen) atoms. The van der Waals surface area contributed by atoms with Crippen molar-refractivity contribution in [3.05, 3.63) is 65.2 Å². The van der Waals surface area contributed by atoms with Crippen LogP contribution in [0.4, 0.5) is 4.79 Å². The molecule has 1 N–H and O–H groups in total. The van der Waals surface area contributed by atoms with E-state index in [2.05, 4.69) is 10.3 Å². The van der Waals surface area contributed by atoms with Crippen molar-refractivity contribution in [3.63, 3.8) is 0 Å². The van der Waals surface area contributed by atoms with Crippen LogP contribution >= 0.6 is 11.3 Å². The maximum atomic E-state index is 12.9. The summed E-state index contributed by atoms with van der Waals surface area (Å²) in [6.45, 7) is 1.92.